The van der Waals surface area contributed by atoms with Crippen molar-refractivity contribution in [2.75, 3.05) is 26.7 Å². The van der Waals surface area contributed by atoms with Crippen molar-refractivity contribution in [2.45, 2.75) is 63.3 Å². The van der Waals surface area contributed by atoms with Gasteiger partial charge in [0.1, 0.15) is 0 Å². The second kappa shape index (κ2) is 6.86. The van der Waals surface area contributed by atoms with E-state index in [1.54, 1.807) is 0 Å². The molecule has 7 heteroatoms. The van der Waals surface area contributed by atoms with E-state index in [4.69, 9.17) is 5.10 Å². The number of carbonyl (C=O) groups excluding carboxylic acids is 1. The molecule has 1 atom stereocenters. The lowest BCUT2D eigenvalue weighted by atomic mass is 9.94. The fourth-order valence-corrected chi connectivity index (χ4v) is 5.00. The highest BCUT2D eigenvalue weighted by Gasteiger charge is 2.30. The molecule has 0 saturated carbocycles. The van der Waals surface area contributed by atoms with Crippen molar-refractivity contribution < 1.29 is 4.79 Å². The van der Waals surface area contributed by atoms with Gasteiger partial charge in [0, 0.05) is 32.0 Å². The number of nitrogens with zero attached hydrogens (tertiary/aromatic N) is 6. The summed E-state index contributed by atoms with van der Waals surface area (Å²) in [6, 6.07) is 2.55. The number of hydrogen-bond acceptors (Lipinski definition) is 5. The topological polar surface area (TPSA) is 66.6 Å². The van der Waals surface area contributed by atoms with Crippen LogP contribution in [0.15, 0.2) is 6.07 Å². The molecule has 0 bridgehead atoms. The smallest absolute Gasteiger partial charge is 0.222 e. The van der Waals surface area contributed by atoms with Crippen LogP contribution in [0.2, 0.25) is 0 Å². The summed E-state index contributed by atoms with van der Waals surface area (Å²) in [5.41, 5.74) is 3.48. The van der Waals surface area contributed by atoms with Crippen molar-refractivity contribution in [1.82, 2.24) is 29.6 Å². The second-order valence-electron chi connectivity index (χ2n) is 8.42. The van der Waals surface area contributed by atoms with Gasteiger partial charge in [-0.25, -0.2) is 0 Å². The van der Waals surface area contributed by atoms with Gasteiger partial charge >= 0.3 is 0 Å². The molecule has 2 aromatic rings. The Morgan fingerprint density at radius 3 is 2.78 bits per heavy atom. The molecule has 0 N–H and O–H groups in total. The predicted octanol–water partition coefficient (Wildman–Crippen LogP) is 1.80. The molecule has 1 aliphatic carbocycles. The van der Waals surface area contributed by atoms with E-state index >= 15 is 0 Å². The van der Waals surface area contributed by atoms with Gasteiger partial charge in [-0.1, -0.05) is 0 Å². The monoisotopic (exact) mass is 368 g/mol. The van der Waals surface area contributed by atoms with E-state index in [-0.39, 0.29) is 0 Å². The van der Waals surface area contributed by atoms with Gasteiger partial charge in [-0.3, -0.25) is 4.79 Å². The number of likely N-dealkylation sites (tertiary alicyclic amines) is 2. The van der Waals surface area contributed by atoms with Gasteiger partial charge in [-0.05, 0) is 69.7 Å². The highest BCUT2D eigenvalue weighted by Crippen LogP contribution is 2.29. The number of amides is 1. The Morgan fingerprint density at radius 1 is 1.07 bits per heavy atom. The molecule has 27 heavy (non-hydrogen) atoms. The Morgan fingerprint density at radius 2 is 1.93 bits per heavy atom. The third-order valence-electron chi connectivity index (χ3n) is 6.73. The minimum absolute atomic E-state index is 0.301. The van der Waals surface area contributed by atoms with Gasteiger partial charge in [0.25, 0.3) is 0 Å². The summed E-state index contributed by atoms with van der Waals surface area (Å²) in [7, 11) is 1.96. The lowest BCUT2D eigenvalue weighted by Gasteiger charge is -2.38. The van der Waals surface area contributed by atoms with Crippen LogP contribution < -0.4 is 0 Å². The Labute approximate surface area is 159 Å². The number of carbonyl (C=O) groups is 1. The average Bonchev–Trinajstić information content (AvgIpc) is 3.30. The van der Waals surface area contributed by atoms with Crippen molar-refractivity contribution in [2.24, 2.45) is 0 Å². The lowest BCUT2D eigenvalue weighted by Crippen LogP contribution is -2.48. The second-order valence-corrected chi connectivity index (χ2v) is 8.42. The van der Waals surface area contributed by atoms with Crippen LogP contribution in [0, 0.1) is 0 Å². The number of aryl methyl sites for hydroxylation is 2. The first-order valence-electron chi connectivity index (χ1n) is 10.4. The van der Waals surface area contributed by atoms with Crippen molar-refractivity contribution in [3.63, 3.8) is 0 Å². The van der Waals surface area contributed by atoms with E-state index in [0.717, 1.165) is 69.6 Å². The SMILES string of the molecule is CN1C(=O)CCCC1CN1CCC(c2nnc3cc4c(nn23)CCC4)CC1. The van der Waals surface area contributed by atoms with Crippen LogP contribution in [-0.4, -0.2) is 68.2 Å². The van der Waals surface area contributed by atoms with Crippen molar-refractivity contribution >= 4 is 11.6 Å². The number of rotatable bonds is 3. The molecule has 0 spiro atoms. The third kappa shape index (κ3) is 3.12. The maximum absolute atomic E-state index is 11.9. The summed E-state index contributed by atoms with van der Waals surface area (Å²) in [6.07, 6.45) is 8.46. The third-order valence-corrected chi connectivity index (χ3v) is 6.73. The predicted molar refractivity (Wildman–Crippen MR) is 102 cm³/mol. The number of fused-ring (bicyclic) bond motifs is 2. The molecular weight excluding hydrogens is 340 g/mol. The van der Waals surface area contributed by atoms with Gasteiger partial charge in [0.15, 0.2) is 11.5 Å². The molecular formula is C20H28N6O. The van der Waals surface area contributed by atoms with Crippen molar-refractivity contribution in [3.05, 3.63) is 23.1 Å². The van der Waals surface area contributed by atoms with E-state index in [1.165, 1.54) is 17.7 Å². The first-order chi connectivity index (χ1) is 13.2. The Bertz CT molecular complexity index is 854. The molecule has 3 aliphatic rings. The summed E-state index contributed by atoms with van der Waals surface area (Å²) >= 11 is 0. The van der Waals surface area contributed by atoms with Crippen LogP contribution >= 0.6 is 0 Å². The zero-order valence-electron chi connectivity index (χ0n) is 16.1. The maximum Gasteiger partial charge on any atom is 0.222 e. The average molecular weight is 368 g/mol. The van der Waals surface area contributed by atoms with E-state index in [9.17, 15) is 4.79 Å². The minimum Gasteiger partial charge on any atom is -0.341 e. The molecule has 144 valence electrons. The van der Waals surface area contributed by atoms with Gasteiger partial charge in [-0.15, -0.1) is 10.2 Å². The van der Waals surface area contributed by atoms with Crippen LogP contribution in [0.5, 0.6) is 0 Å². The van der Waals surface area contributed by atoms with Crippen LogP contribution in [-0.2, 0) is 17.6 Å². The molecule has 4 heterocycles. The molecule has 2 saturated heterocycles. The minimum atomic E-state index is 0.301. The summed E-state index contributed by atoms with van der Waals surface area (Å²) in [5.74, 6) is 1.76. The zero-order chi connectivity index (χ0) is 18.4. The standard InChI is InChI=1S/C20H28N6O/c1-24-16(5-3-7-19(24)27)13-25-10-8-14(9-11-25)20-22-21-18-12-15-4-2-6-17(15)23-26(18)20/h12,14,16H,2-11,13H2,1H3. The Hall–Kier alpha value is -2.02. The number of aromatic nitrogens is 4. The largest absolute Gasteiger partial charge is 0.341 e. The first kappa shape index (κ1) is 17.1. The van der Waals surface area contributed by atoms with Crippen LogP contribution in [0.25, 0.3) is 5.65 Å². The molecule has 2 aromatic heterocycles. The van der Waals surface area contributed by atoms with Gasteiger partial charge in [-0.2, -0.15) is 9.61 Å². The number of likely N-dealkylation sites (N-methyl/N-ethyl adjacent to an activating group) is 1. The van der Waals surface area contributed by atoms with E-state index in [0.29, 0.717) is 24.3 Å². The molecule has 1 amide bonds. The molecule has 7 nitrogen and oxygen atoms in total. The Kier molecular flexibility index (Phi) is 4.34. The first-order valence-corrected chi connectivity index (χ1v) is 10.4. The highest BCUT2D eigenvalue weighted by atomic mass is 16.2. The molecule has 1 unspecified atom stereocenters. The van der Waals surface area contributed by atoms with Crippen molar-refractivity contribution in [3.8, 4) is 0 Å². The zero-order valence-corrected chi connectivity index (χ0v) is 16.1. The Balaban J connectivity index is 1.26. The van der Waals surface area contributed by atoms with Crippen LogP contribution in [0.1, 0.15) is 61.5 Å². The maximum atomic E-state index is 11.9. The molecule has 0 aromatic carbocycles. The summed E-state index contributed by atoms with van der Waals surface area (Å²) < 4.78 is 2.00. The summed E-state index contributed by atoms with van der Waals surface area (Å²) in [5, 5.41) is 13.8. The molecule has 0 radical (unpaired) electrons. The van der Waals surface area contributed by atoms with Gasteiger partial charge in [0.05, 0.1) is 5.69 Å². The van der Waals surface area contributed by atoms with Crippen LogP contribution in [0.4, 0.5) is 0 Å². The molecule has 2 aliphatic heterocycles. The van der Waals surface area contributed by atoms with E-state index in [2.05, 4.69) is 21.2 Å². The molecule has 5 rings (SSSR count). The van der Waals surface area contributed by atoms with E-state index < -0.39 is 0 Å². The van der Waals surface area contributed by atoms with Crippen LogP contribution in [0.3, 0.4) is 0 Å². The summed E-state index contributed by atoms with van der Waals surface area (Å²) in [6.45, 7) is 3.12. The van der Waals surface area contributed by atoms with Gasteiger partial charge in [0.2, 0.25) is 5.91 Å². The normalized spacial score (nSPS) is 24.7. The summed E-state index contributed by atoms with van der Waals surface area (Å²) in [4.78, 5) is 16.4. The van der Waals surface area contributed by atoms with Gasteiger partial charge < -0.3 is 9.80 Å². The quantitative estimate of drug-likeness (QED) is 0.827. The van der Waals surface area contributed by atoms with E-state index in [1.807, 2.05) is 16.5 Å². The lowest BCUT2D eigenvalue weighted by molar-refractivity contribution is -0.135. The molecule has 2 fully saturated rings. The number of piperidine rings is 2. The fraction of sp³-hybridized carbons (Fsp3) is 0.700. The number of hydrogen-bond donors (Lipinski definition) is 0. The highest BCUT2D eigenvalue weighted by molar-refractivity contribution is 5.76. The fourth-order valence-electron chi connectivity index (χ4n) is 5.00. The van der Waals surface area contributed by atoms with Crippen molar-refractivity contribution in [1.29, 1.82) is 0 Å².